The van der Waals surface area contributed by atoms with Gasteiger partial charge in [-0.25, -0.2) is 4.39 Å². The zero-order valence-electron chi connectivity index (χ0n) is 23.2. The fraction of sp³-hybridized carbons (Fsp3) is 0.258. The van der Waals surface area contributed by atoms with E-state index in [0.29, 0.717) is 67.7 Å². The van der Waals surface area contributed by atoms with Gasteiger partial charge in [-0.1, -0.05) is 11.7 Å². The lowest BCUT2D eigenvalue weighted by molar-refractivity contribution is 0.120. The van der Waals surface area contributed by atoms with E-state index in [9.17, 15) is 14.3 Å². The number of benzene rings is 2. The maximum absolute atomic E-state index is 14.0. The third-order valence-corrected chi connectivity index (χ3v) is 6.61. The van der Waals surface area contributed by atoms with Crippen LogP contribution in [0.15, 0.2) is 75.9 Å². The van der Waals surface area contributed by atoms with Gasteiger partial charge < -0.3 is 18.9 Å². The molecule has 2 heterocycles. The van der Waals surface area contributed by atoms with Crippen molar-refractivity contribution >= 4 is 16.6 Å². The molecule has 8 heteroatoms. The second-order valence-corrected chi connectivity index (χ2v) is 10.2. The van der Waals surface area contributed by atoms with E-state index in [-0.39, 0.29) is 11.2 Å². The maximum Gasteiger partial charge on any atom is 0.257 e. The number of fused-ring (bicyclic) bond motifs is 1. The van der Waals surface area contributed by atoms with E-state index in [1.165, 1.54) is 12.1 Å². The number of nitrogens with zero attached hydrogens (tertiary/aromatic N) is 3. The molecule has 0 saturated heterocycles. The summed E-state index contributed by atoms with van der Waals surface area (Å²) >= 11 is 0. The Kier molecular flexibility index (Phi) is 7.44. The lowest BCUT2D eigenvalue weighted by Crippen LogP contribution is -2.21. The predicted octanol–water partition coefficient (Wildman–Crippen LogP) is 6.58. The summed E-state index contributed by atoms with van der Waals surface area (Å²) in [5, 5.41) is 15.1. The number of pyridine rings is 1. The van der Waals surface area contributed by atoms with E-state index in [1.54, 1.807) is 85.0 Å². The summed E-state index contributed by atoms with van der Waals surface area (Å²) in [6, 6.07) is 8.09. The number of halogens is 1. The van der Waals surface area contributed by atoms with E-state index in [1.807, 2.05) is 4.57 Å². The smallest absolute Gasteiger partial charge is 0.257 e. The van der Waals surface area contributed by atoms with Crippen molar-refractivity contribution in [1.82, 2.24) is 14.7 Å². The molecular formula is C31H32FN3O4. The number of rotatable bonds is 7. The highest BCUT2D eigenvalue weighted by Gasteiger charge is 2.20. The van der Waals surface area contributed by atoms with Crippen molar-refractivity contribution in [2.45, 2.75) is 54.1 Å². The Balaban J connectivity index is 2.08. The van der Waals surface area contributed by atoms with Crippen LogP contribution in [0.1, 0.15) is 43.3 Å². The Labute approximate surface area is 226 Å². The molecule has 39 heavy (non-hydrogen) atoms. The molecule has 0 fully saturated rings. The number of aryl methyl sites for hydroxylation is 4. The van der Waals surface area contributed by atoms with Gasteiger partial charge in [-0.05, 0) is 108 Å². The molecule has 4 rings (SSSR count). The number of hydrogen-bond donors (Lipinski definition) is 1. The Hall–Kier alpha value is -4.30. The molecule has 0 aliphatic rings. The summed E-state index contributed by atoms with van der Waals surface area (Å²) in [4.78, 5) is 17.5. The Morgan fingerprint density at radius 3 is 2.36 bits per heavy atom. The van der Waals surface area contributed by atoms with Crippen LogP contribution in [0.4, 0.5) is 4.39 Å². The third-order valence-electron chi connectivity index (χ3n) is 6.61. The quantitative estimate of drug-likeness (QED) is 0.215. The van der Waals surface area contributed by atoms with Gasteiger partial charge in [-0.15, -0.1) is 0 Å². The summed E-state index contributed by atoms with van der Waals surface area (Å²) < 4.78 is 27.6. The van der Waals surface area contributed by atoms with Gasteiger partial charge in [0.05, 0.1) is 16.8 Å². The number of hydrogen-bond acceptors (Lipinski definition) is 6. The Bertz CT molecular complexity index is 1700. The first kappa shape index (κ1) is 27.7. The minimum atomic E-state index is -1.14. The lowest BCUT2D eigenvalue weighted by atomic mass is 9.98. The van der Waals surface area contributed by atoms with Gasteiger partial charge >= 0.3 is 0 Å². The van der Waals surface area contributed by atoms with Gasteiger partial charge in [0, 0.05) is 22.7 Å². The average molecular weight is 530 g/mol. The molecule has 0 atom stereocenters. The van der Waals surface area contributed by atoms with Crippen LogP contribution in [0.3, 0.4) is 0 Å². The largest absolute Gasteiger partial charge is 0.455 e. The Morgan fingerprint density at radius 2 is 1.79 bits per heavy atom. The summed E-state index contributed by atoms with van der Waals surface area (Å²) in [6.45, 7) is 16.1. The SMILES string of the molecule is C=C/C(Oc1c(C)cc(F)cc1C)=C(\C=C(/C)C(C)(C)O)n1cc(C)c(=O)c2ccc(-c3nc(C)no3)cc21. The molecule has 4 aromatic rings. The van der Waals surface area contributed by atoms with Crippen molar-refractivity contribution in [2.24, 2.45) is 0 Å². The van der Waals surface area contributed by atoms with Gasteiger partial charge in [0.2, 0.25) is 0 Å². The molecule has 202 valence electrons. The van der Waals surface area contributed by atoms with E-state index >= 15 is 0 Å². The monoisotopic (exact) mass is 529 g/mol. The topological polar surface area (TPSA) is 90.4 Å². The van der Waals surface area contributed by atoms with Gasteiger partial charge in [0.1, 0.15) is 11.6 Å². The molecule has 0 aliphatic heterocycles. The van der Waals surface area contributed by atoms with Crippen LogP contribution in [-0.2, 0) is 0 Å². The van der Waals surface area contributed by atoms with Crippen molar-refractivity contribution < 1.29 is 18.8 Å². The second kappa shape index (κ2) is 10.5. The molecule has 0 amide bonds. The van der Waals surface area contributed by atoms with E-state index < -0.39 is 5.60 Å². The summed E-state index contributed by atoms with van der Waals surface area (Å²) in [5.41, 5.74) is 2.82. The molecule has 2 aromatic carbocycles. The van der Waals surface area contributed by atoms with E-state index in [4.69, 9.17) is 9.26 Å². The maximum atomic E-state index is 14.0. The molecule has 0 saturated carbocycles. The highest BCUT2D eigenvalue weighted by Crippen LogP contribution is 2.32. The van der Waals surface area contributed by atoms with Crippen LogP contribution >= 0.6 is 0 Å². The number of aromatic nitrogens is 3. The molecule has 7 nitrogen and oxygen atoms in total. The first-order chi connectivity index (χ1) is 18.3. The summed E-state index contributed by atoms with van der Waals surface area (Å²) in [5.74, 6) is 1.29. The summed E-state index contributed by atoms with van der Waals surface area (Å²) in [7, 11) is 0. The van der Waals surface area contributed by atoms with Crippen molar-refractivity contribution in [3.8, 4) is 17.2 Å². The number of ether oxygens (including phenoxy) is 1. The molecule has 0 aliphatic carbocycles. The molecule has 0 unspecified atom stereocenters. The van der Waals surface area contributed by atoms with Crippen molar-refractivity contribution in [1.29, 1.82) is 0 Å². The van der Waals surface area contributed by atoms with Gasteiger partial charge in [-0.3, -0.25) is 4.79 Å². The first-order valence-corrected chi connectivity index (χ1v) is 12.5. The molecule has 0 bridgehead atoms. The minimum absolute atomic E-state index is 0.122. The van der Waals surface area contributed by atoms with Crippen molar-refractivity contribution in [3.63, 3.8) is 0 Å². The lowest BCUT2D eigenvalue weighted by Gasteiger charge is -2.23. The second-order valence-electron chi connectivity index (χ2n) is 10.2. The highest BCUT2D eigenvalue weighted by molar-refractivity contribution is 5.88. The van der Waals surface area contributed by atoms with Crippen LogP contribution in [0.25, 0.3) is 28.1 Å². The van der Waals surface area contributed by atoms with Crippen molar-refractivity contribution in [2.75, 3.05) is 0 Å². The van der Waals surface area contributed by atoms with Crippen LogP contribution < -0.4 is 10.2 Å². The minimum Gasteiger partial charge on any atom is -0.455 e. The van der Waals surface area contributed by atoms with Crippen LogP contribution in [0.5, 0.6) is 5.75 Å². The standard InChI is InChI=1S/C31H32FN3O4/c1-9-27(38-29-17(2)12-23(32)13-18(29)3)26(14-20(5)31(7,8)37)35-16-19(4)28(36)24-11-10-22(15-25(24)35)30-33-21(6)34-39-30/h9-16,37H,1H2,2-8H3/b20-14+,27-26-. The number of allylic oxidation sites excluding steroid dienone is 3. The first-order valence-electron chi connectivity index (χ1n) is 12.5. The van der Waals surface area contributed by atoms with Crippen LogP contribution in [0.2, 0.25) is 0 Å². The van der Waals surface area contributed by atoms with E-state index in [0.717, 1.165) is 0 Å². The predicted molar refractivity (Wildman–Crippen MR) is 151 cm³/mol. The van der Waals surface area contributed by atoms with Crippen LogP contribution in [0, 0.1) is 33.5 Å². The zero-order chi connectivity index (χ0) is 28.6. The molecular weight excluding hydrogens is 497 g/mol. The third kappa shape index (κ3) is 5.61. The van der Waals surface area contributed by atoms with E-state index in [2.05, 4.69) is 16.7 Å². The van der Waals surface area contributed by atoms with Crippen LogP contribution in [-0.4, -0.2) is 25.4 Å². The molecule has 0 spiro atoms. The Morgan fingerprint density at radius 1 is 1.13 bits per heavy atom. The van der Waals surface area contributed by atoms with Gasteiger partial charge in [0.15, 0.2) is 17.0 Å². The van der Waals surface area contributed by atoms with Crippen molar-refractivity contribution in [3.05, 3.63) is 105 Å². The summed E-state index contributed by atoms with van der Waals surface area (Å²) in [6.07, 6.45) is 5.06. The fourth-order valence-corrected chi connectivity index (χ4v) is 4.21. The number of aliphatic hydroxyl groups is 1. The highest BCUT2D eigenvalue weighted by atomic mass is 19.1. The molecule has 1 N–H and O–H groups in total. The molecule has 0 radical (unpaired) electrons. The zero-order valence-corrected chi connectivity index (χ0v) is 23.2. The molecule has 2 aromatic heterocycles. The van der Waals surface area contributed by atoms with Gasteiger partial charge in [-0.2, -0.15) is 4.98 Å². The fourth-order valence-electron chi connectivity index (χ4n) is 4.21. The average Bonchev–Trinajstić information content (AvgIpc) is 3.30. The normalized spacial score (nSPS) is 13.0. The van der Waals surface area contributed by atoms with Gasteiger partial charge in [0.25, 0.3) is 5.89 Å².